The minimum absolute atomic E-state index is 0.0226. The molecule has 2 aromatic rings. The fraction of sp³-hybridized carbons (Fsp3) is 0.605. The van der Waals surface area contributed by atoms with Gasteiger partial charge in [-0.2, -0.15) is 0 Å². The number of Topliss-reactive ketones (excluding diaryl/α,β-unsaturated/α-hetero) is 1. The van der Waals surface area contributed by atoms with E-state index in [0.717, 1.165) is 75.8 Å². The Morgan fingerprint density at radius 2 is 1.09 bits per heavy atom. The molecule has 4 saturated carbocycles. The zero-order valence-electron chi connectivity index (χ0n) is 28.3. The highest BCUT2D eigenvalue weighted by Crippen LogP contribution is 2.60. The van der Waals surface area contributed by atoms with Crippen molar-refractivity contribution < 1.29 is 23.9 Å². The van der Waals surface area contributed by atoms with Crippen molar-refractivity contribution in [3.05, 3.63) is 59.7 Å². The van der Waals surface area contributed by atoms with Crippen LogP contribution in [-0.2, 0) is 14.3 Å². The zero-order valence-corrected chi connectivity index (χ0v) is 28.3. The molecule has 6 aliphatic rings. The number of rotatable bonds is 9. The van der Waals surface area contributed by atoms with Crippen molar-refractivity contribution in [2.45, 2.75) is 52.4 Å². The van der Waals surface area contributed by atoms with E-state index >= 15 is 0 Å². The first-order valence-electron chi connectivity index (χ1n) is 17.9. The zero-order chi connectivity index (χ0) is 32.8. The molecule has 0 amide bonds. The number of hydrogen-bond donors (Lipinski definition) is 1. The van der Waals surface area contributed by atoms with Crippen molar-refractivity contribution in [2.24, 2.45) is 23.2 Å². The third-order valence-corrected chi connectivity index (χ3v) is 11.0. The van der Waals surface area contributed by atoms with E-state index in [1.807, 2.05) is 62.4 Å². The summed E-state index contributed by atoms with van der Waals surface area (Å²) in [4.78, 5) is 43.7. The second-order valence-electron chi connectivity index (χ2n) is 14.2. The number of nitrogens with zero attached hydrogens (tertiary/aromatic N) is 3. The molecule has 9 nitrogen and oxygen atoms in total. The van der Waals surface area contributed by atoms with Crippen LogP contribution in [0.3, 0.4) is 0 Å². The average molecular weight is 645 g/mol. The van der Waals surface area contributed by atoms with Crippen LogP contribution in [0.25, 0.3) is 0 Å². The van der Waals surface area contributed by atoms with Crippen LogP contribution in [0.15, 0.2) is 48.5 Å². The quantitative estimate of drug-likeness (QED) is 0.377. The third kappa shape index (κ3) is 8.00. The van der Waals surface area contributed by atoms with Crippen molar-refractivity contribution in [3.8, 4) is 0 Å². The molecule has 0 unspecified atom stereocenters. The van der Waals surface area contributed by atoms with Gasteiger partial charge in [0.25, 0.3) is 0 Å². The van der Waals surface area contributed by atoms with Crippen LogP contribution >= 0.6 is 0 Å². The normalized spacial score (nSPS) is 26.7. The number of anilines is 2. The fourth-order valence-electron chi connectivity index (χ4n) is 8.96. The fourth-order valence-corrected chi connectivity index (χ4v) is 8.96. The third-order valence-electron chi connectivity index (χ3n) is 11.0. The maximum Gasteiger partial charge on any atom is 0.338 e. The molecule has 0 spiro atoms. The lowest BCUT2D eigenvalue weighted by molar-refractivity contribution is -0.145. The number of hydrogen-bond acceptors (Lipinski definition) is 9. The summed E-state index contributed by atoms with van der Waals surface area (Å²) in [6.45, 7) is 12.8. The number of piperazine rings is 2. The van der Waals surface area contributed by atoms with Crippen molar-refractivity contribution in [3.63, 3.8) is 0 Å². The van der Waals surface area contributed by atoms with Gasteiger partial charge in [0.05, 0.1) is 30.9 Å². The van der Waals surface area contributed by atoms with E-state index in [1.165, 1.54) is 44.2 Å². The van der Waals surface area contributed by atoms with E-state index in [-0.39, 0.29) is 17.4 Å². The number of benzene rings is 2. The van der Waals surface area contributed by atoms with Gasteiger partial charge in [-0.15, -0.1) is 0 Å². The smallest absolute Gasteiger partial charge is 0.338 e. The first-order chi connectivity index (χ1) is 22.9. The Labute approximate surface area is 279 Å². The number of carbonyl (C=O) groups is 3. The van der Waals surface area contributed by atoms with Crippen LogP contribution in [0.4, 0.5) is 11.4 Å². The van der Waals surface area contributed by atoms with Crippen LogP contribution in [0, 0.1) is 23.2 Å². The lowest BCUT2D eigenvalue weighted by Gasteiger charge is -2.56. The second-order valence-corrected chi connectivity index (χ2v) is 14.2. The average Bonchev–Trinajstić information content (AvgIpc) is 3.09. The molecule has 2 aromatic carbocycles. The Morgan fingerprint density at radius 1 is 0.660 bits per heavy atom. The molecule has 0 aromatic heterocycles. The first-order valence-corrected chi connectivity index (χ1v) is 17.9. The highest BCUT2D eigenvalue weighted by molar-refractivity contribution is 5.90. The van der Waals surface area contributed by atoms with Gasteiger partial charge in [0, 0.05) is 69.1 Å². The molecule has 2 heterocycles. The van der Waals surface area contributed by atoms with Crippen LogP contribution in [0.2, 0.25) is 0 Å². The number of nitrogens with one attached hydrogen (secondary N) is 1. The Balaban J connectivity index is 0.000000193. The van der Waals surface area contributed by atoms with E-state index in [2.05, 4.69) is 20.0 Å². The SMILES string of the molecule is CCOC(=O)c1ccc(N2CCN(CC(=O)C34CC5CC(CC(C5)C3)C4)CC2)cc1.CCOC(=O)c1ccc(N2CCNCC2)cc1. The van der Waals surface area contributed by atoms with Gasteiger partial charge >= 0.3 is 11.9 Å². The summed E-state index contributed by atoms with van der Waals surface area (Å²) >= 11 is 0. The number of ketones is 1. The van der Waals surface area contributed by atoms with Gasteiger partial charge in [0.1, 0.15) is 0 Å². The van der Waals surface area contributed by atoms with Crippen LogP contribution in [-0.4, -0.2) is 94.7 Å². The molecule has 0 atom stereocenters. The topological polar surface area (TPSA) is 91.4 Å². The summed E-state index contributed by atoms with van der Waals surface area (Å²) < 4.78 is 10.0. The molecule has 4 bridgehead atoms. The number of esters is 2. The first kappa shape index (κ1) is 33.5. The highest BCUT2D eigenvalue weighted by Gasteiger charge is 2.54. The van der Waals surface area contributed by atoms with E-state index < -0.39 is 0 Å². The molecular weight excluding hydrogens is 592 g/mol. The largest absolute Gasteiger partial charge is 0.462 e. The molecule has 2 saturated heterocycles. The molecule has 4 aliphatic carbocycles. The Kier molecular flexibility index (Phi) is 10.8. The van der Waals surface area contributed by atoms with Gasteiger partial charge in [-0.3, -0.25) is 9.69 Å². The Morgan fingerprint density at radius 3 is 1.51 bits per heavy atom. The van der Waals surface area contributed by atoms with Crippen LogP contribution in [0.1, 0.15) is 73.1 Å². The minimum Gasteiger partial charge on any atom is -0.462 e. The van der Waals surface area contributed by atoms with E-state index in [9.17, 15) is 14.4 Å². The predicted octanol–water partition coefficient (Wildman–Crippen LogP) is 5.04. The molecule has 6 fully saturated rings. The Hall–Kier alpha value is -3.43. The highest BCUT2D eigenvalue weighted by atomic mass is 16.5. The van der Waals surface area contributed by atoms with Crippen molar-refractivity contribution in [1.82, 2.24) is 10.2 Å². The van der Waals surface area contributed by atoms with Crippen molar-refractivity contribution in [1.29, 1.82) is 0 Å². The van der Waals surface area contributed by atoms with Gasteiger partial charge in [-0.1, -0.05) is 0 Å². The molecule has 47 heavy (non-hydrogen) atoms. The molecule has 8 rings (SSSR count). The van der Waals surface area contributed by atoms with Crippen LogP contribution in [0.5, 0.6) is 0 Å². The summed E-state index contributed by atoms with van der Waals surface area (Å²) in [5.41, 5.74) is 3.54. The molecule has 0 radical (unpaired) electrons. The van der Waals surface area contributed by atoms with E-state index in [0.29, 0.717) is 36.7 Å². The summed E-state index contributed by atoms with van der Waals surface area (Å²) in [5, 5.41) is 3.32. The van der Waals surface area contributed by atoms with Gasteiger partial charge in [0.15, 0.2) is 5.78 Å². The molecular formula is C38H52N4O5. The Bertz CT molecular complexity index is 1330. The van der Waals surface area contributed by atoms with Gasteiger partial charge in [-0.25, -0.2) is 9.59 Å². The monoisotopic (exact) mass is 644 g/mol. The molecule has 2 aliphatic heterocycles. The van der Waals surface area contributed by atoms with E-state index in [1.54, 1.807) is 0 Å². The molecule has 9 heteroatoms. The lowest BCUT2D eigenvalue weighted by Crippen LogP contribution is -2.54. The van der Waals surface area contributed by atoms with Crippen molar-refractivity contribution >= 4 is 29.1 Å². The summed E-state index contributed by atoms with van der Waals surface area (Å²) in [6, 6.07) is 15.3. The standard InChI is InChI=1S/C25H34N2O3.C13H18N2O2/c1-2-30-24(29)21-3-5-22(6-4-21)27-9-7-26(8-10-27)17-23(28)25-14-18-11-19(15-25)13-20(12-18)16-25;1-2-17-13(16)11-3-5-12(6-4-11)15-9-7-14-8-10-15/h3-6,18-20H,2,7-17H2,1H3;3-6,14H,2,7-10H2,1H3. The van der Waals surface area contributed by atoms with Gasteiger partial charge < -0.3 is 24.6 Å². The lowest BCUT2D eigenvalue weighted by atomic mass is 9.48. The second kappa shape index (κ2) is 15.2. The summed E-state index contributed by atoms with van der Waals surface area (Å²) in [6.07, 6.45) is 7.68. The summed E-state index contributed by atoms with van der Waals surface area (Å²) in [5.74, 6) is 2.50. The van der Waals surface area contributed by atoms with Crippen LogP contribution < -0.4 is 15.1 Å². The molecule has 1 N–H and O–H groups in total. The number of carbonyl (C=O) groups excluding carboxylic acids is 3. The molecule has 254 valence electrons. The number of ether oxygens (including phenoxy) is 2. The summed E-state index contributed by atoms with van der Waals surface area (Å²) in [7, 11) is 0. The van der Waals surface area contributed by atoms with Gasteiger partial charge in [-0.05, 0) is 119 Å². The van der Waals surface area contributed by atoms with E-state index in [4.69, 9.17) is 9.47 Å². The predicted molar refractivity (Wildman–Crippen MR) is 184 cm³/mol. The van der Waals surface area contributed by atoms with Gasteiger partial charge in [0.2, 0.25) is 0 Å². The minimum atomic E-state index is -0.267. The maximum atomic E-state index is 13.4. The van der Waals surface area contributed by atoms with Crippen molar-refractivity contribution in [2.75, 3.05) is 81.9 Å². The maximum absolute atomic E-state index is 13.4.